The van der Waals surface area contributed by atoms with E-state index in [0.29, 0.717) is 17.4 Å². The molecule has 0 radical (unpaired) electrons. The molecule has 3 heterocycles. The first-order valence-corrected chi connectivity index (χ1v) is 7.49. The van der Waals surface area contributed by atoms with Crippen molar-refractivity contribution >= 4 is 5.91 Å². The molecule has 2 aromatic rings. The van der Waals surface area contributed by atoms with E-state index in [0.717, 1.165) is 44.5 Å². The van der Waals surface area contributed by atoms with Gasteiger partial charge in [-0.1, -0.05) is 5.16 Å². The zero-order valence-corrected chi connectivity index (χ0v) is 11.7. The summed E-state index contributed by atoms with van der Waals surface area (Å²) in [5.74, 6) is 1.81. The molecule has 0 N–H and O–H groups in total. The zero-order valence-electron chi connectivity index (χ0n) is 11.7. The summed E-state index contributed by atoms with van der Waals surface area (Å²) in [6.07, 6.45) is 8.23. The van der Waals surface area contributed by atoms with Crippen LogP contribution in [0.1, 0.15) is 66.1 Å². The summed E-state index contributed by atoms with van der Waals surface area (Å²) in [5, 5.41) is 4.07. The van der Waals surface area contributed by atoms with E-state index in [1.54, 1.807) is 6.07 Å². The van der Waals surface area contributed by atoms with Crippen molar-refractivity contribution < 1.29 is 13.7 Å². The maximum atomic E-state index is 12.6. The Morgan fingerprint density at radius 2 is 2.19 bits per heavy atom. The van der Waals surface area contributed by atoms with Crippen LogP contribution in [0.4, 0.5) is 0 Å². The second-order valence-corrected chi connectivity index (χ2v) is 5.79. The monoisotopic (exact) mass is 287 g/mol. The first kappa shape index (κ1) is 12.6. The molecule has 1 aliphatic carbocycles. The number of carbonyl (C=O) groups is 1. The number of amides is 1. The number of aromatic nitrogens is 2. The summed E-state index contributed by atoms with van der Waals surface area (Å²) < 4.78 is 10.4. The third-order valence-electron chi connectivity index (χ3n) is 4.22. The first-order valence-electron chi connectivity index (χ1n) is 7.49. The number of furan rings is 1. The van der Waals surface area contributed by atoms with E-state index in [4.69, 9.17) is 8.94 Å². The van der Waals surface area contributed by atoms with Gasteiger partial charge in [0, 0.05) is 12.5 Å². The highest BCUT2D eigenvalue weighted by molar-refractivity contribution is 5.94. The minimum Gasteiger partial charge on any atom is -0.472 e. The maximum absolute atomic E-state index is 12.6. The van der Waals surface area contributed by atoms with Crippen LogP contribution in [-0.4, -0.2) is 27.5 Å². The highest BCUT2D eigenvalue weighted by atomic mass is 16.5. The van der Waals surface area contributed by atoms with Gasteiger partial charge in [0.05, 0.1) is 11.8 Å². The van der Waals surface area contributed by atoms with Crippen LogP contribution in [0.25, 0.3) is 0 Å². The molecule has 6 nitrogen and oxygen atoms in total. The quantitative estimate of drug-likeness (QED) is 0.867. The molecule has 110 valence electrons. The Kier molecular flexibility index (Phi) is 3.02. The fraction of sp³-hybridized carbons (Fsp3) is 0.533. The lowest BCUT2D eigenvalue weighted by molar-refractivity contribution is 0.0560. The van der Waals surface area contributed by atoms with Crippen molar-refractivity contribution in [2.75, 3.05) is 6.54 Å². The molecule has 0 aromatic carbocycles. The highest BCUT2D eigenvalue weighted by Crippen LogP contribution is 2.39. The predicted octanol–water partition coefficient (Wildman–Crippen LogP) is 2.91. The number of rotatable bonds is 3. The van der Waals surface area contributed by atoms with Crippen molar-refractivity contribution in [1.82, 2.24) is 15.0 Å². The molecule has 2 fully saturated rings. The van der Waals surface area contributed by atoms with Gasteiger partial charge in [-0.05, 0) is 38.2 Å². The minimum absolute atomic E-state index is 0.0281. The van der Waals surface area contributed by atoms with Crippen LogP contribution in [0.2, 0.25) is 0 Å². The Hall–Kier alpha value is -2.11. The van der Waals surface area contributed by atoms with Crippen LogP contribution in [0.5, 0.6) is 0 Å². The van der Waals surface area contributed by atoms with E-state index in [2.05, 4.69) is 10.1 Å². The molecule has 1 saturated carbocycles. The summed E-state index contributed by atoms with van der Waals surface area (Å²) in [5.41, 5.74) is 0.573. The summed E-state index contributed by atoms with van der Waals surface area (Å²) in [4.78, 5) is 18.9. The lowest BCUT2D eigenvalue weighted by Crippen LogP contribution is -2.38. The van der Waals surface area contributed by atoms with E-state index in [-0.39, 0.29) is 11.9 Å². The van der Waals surface area contributed by atoms with Gasteiger partial charge < -0.3 is 13.8 Å². The molecule has 2 aliphatic rings. The standard InChI is InChI=1S/C15H17N3O3/c19-15(11-6-8-20-9-11)18-7-2-1-3-12(18)14-16-13(17-21-14)10-4-5-10/h6,8-10,12H,1-5,7H2. The van der Waals surface area contributed by atoms with Crippen molar-refractivity contribution in [1.29, 1.82) is 0 Å². The number of hydrogen-bond acceptors (Lipinski definition) is 5. The topological polar surface area (TPSA) is 72.4 Å². The van der Waals surface area contributed by atoms with Crippen LogP contribution in [0.15, 0.2) is 27.5 Å². The lowest BCUT2D eigenvalue weighted by atomic mass is 10.0. The largest absolute Gasteiger partial charge is 0.472 e. The Labute approximate surface area is 122 Å². The molecule has 1 unspecified atom stereocenters. The van der Waals surface area contributed by atoms with Crippen molar-refractivity contribution in [3.05, 3.63) is 35.9 Å². The van der Waals surface area contributed by atoms with Crippen LogP contribution < -0.4 is 0 Å². The van der Waals surface area contributed by atoms with Crippen molar-refractivity contribution in [2.45, 2.75) is 44.1 Å². The van der Waals surface area contributed by atoms with Crippen LogP contribution in [0.3, 0.4) is 0 Å². The van der Waals surface area contributed by atoms with Gasteiger partial charge in [-0.2, -0.15) is 4.98 Å². The third-order valence-corrected chi connectivity index (χ3v) is 4.22. The minimum atomic E-state index is -0.110. The molecule has 1 atom stereocenters. The average Bonchev–Trinajstić information content (AvgIpc) is 3.05. The molecule has 0 bridgehead atoms. The summed E-state index contributed by atoms with van der Waals surface area (Å²) in [7, 11) is 0. The Bertz CT molecular complexity index is 630. The third kappa shape index (κ3) is 2.34. The van der Waals surface area contributed by atoms with Gasteiger partial charge in [0.1, 0.15) is 12.3 Å². The Morgan fingerprint density at radius 1 is 1.29 bits per heavy atom. The fourth-order valence-electron chi connectivity index (χ4n) is 2.87. The van der Waals surface area contributed by atoms with Crippen LogP contribution in [0, 0.1) is 0 Å². The van der Waals surface area contributed by atoms with Gasteiger partial charge in [-0.25, -0.2) is 0 Å². The molecular formula is C15H17N3O3. The Balaban J connectivity index is 1.59. The number of hydrogen-bond donors (Lipinski definition) is 0. The van der Waals surface area contributed by atoms with Crippen molar-refractivity contribution in [3.63, 3.8) is 0 Å². The maximum Gasteiger partial charge on any atom is 0.257 e. The van der Waals surface area contributed by atoms with Crippen molar-refractivity contribution in [3.8, 4) is 0 Å². The predicted molar refractivity (Wildman–Crippen MR) is 72.6 cm³/mol. The molecule has 1 aliphatic heterocycles. The zero-order chi connectivity index (χ0) is 14.2. The highest BCUT2D eigenvalue weighted by Gasteiger charge is 2.35. The second-order valence-electron chi connectivity index (χ2n) is 5.79. The van der Waals surface area contributed by atoms with Gasteiger partial charge in [0.2, 0.25) is 5.89 Å². The van der Waals surface area contributed by atoms with E-state index in [1.165, 1.54) is 12.5 Å². The molecule has 21 heavy (non-hydrogen) atoms. The van der Waals surface area contributed by atoms with E-state index in [9.17, 15) is 4.79 Å². The van der Waals surface area contributed by atoms with E-state index in [1.807, 2.05) is 4.90 Å². The van der Waals surface area contributed by atoms with Crippen LogP contribution >= 0.6 is 0 Å². The smallest absolute Gasteiger partial charge is 0.257 e. The van der Waals surface area contributed by atoms with E-state index < -0.39 is 0 Å². The van der Waals surface area contributed by atoms with Crippen molar-refractivity contribution in [2.24, 2.45) is 0 Å². The van der Waals surface area contributed by atoms with Gasteiger partial charge >= 0.3 is 0 Å². The summed E-state index contributed by atoms with van der Waals surface area (Å²) >= 11 is 0. The van der Waals surface area contributed by atoms with E-state index >= 15 is 0 Å². The molecule has 0 spiro atoms. The second kappa shape index (κ2) is 5.02. The normalized spacial score (nSPS) is 22.5. The number of carbonyl (C=O) groups excluding carboxylic acids is 1. The summed E-state index contributed by atoms with van der Waals surface area (Å²) in [6, 6.07) is 1.58. The number of piperidine rings is 1. The average molecular weight is 287 g/mol. The molecule has 4 rings (SSSR count). The van der Waals surface area contributed by atoms with Gasteiger partial charge in [0.15, 0.2) is 5.82 Å². The molecule has 1 saturated heterocycles. The van der Waals surface area contributed by atoms with Gasteiger partial charge in [0.25, 0.3) is 5.91 Å². The molecule has 1 amide bonds. The number of nitrogens with zero attached hydrogens (tertiary/aromatic N) is 3. The first-order chi connectivity index (χ1) is 10.3. The SMILES string of the molecule is O=C(c1ccoc1)N1CCCCC1c1nc(C2CC2)no1. The fourth-order valence-corrected chi connectivity index (χ4v) is 2.87. The summed E-state index contributed by atoms with van der Waals surface area (Å²) in [6.45, 7) is 0.718. The van der Waals surface area contributed by atoms with Crippen LogP contribution in [-0.2, 0) is 0 Å². The molecular weight excluding hydrogens is 270 g/mol. The van der Waals surface area contributed by atoms with Gasteiger partial charge in [-0.3, -0.25) is 4.79 Å². The van der Waals surface area contributed by atoms with Gasteiger partial charge in [-0.15, -0.1) is 0 Å². The Morgan fingerprint density at radius 3 is 2.95 bits per heavy atom. The molecule has 2 aromatic heterocycles. The lowest BCUT2D eigenvalue weighted by Gasteiger charge is -2.33. The molecule has 6 heteroatoms. The number of likely N-dealkylation sites (tertiary alicyclic amines) is 1.